The molecule has 10 heteroatoms. The number of aryl methyl sites for hydroxylation is 1. The fourth-order valence-corrected chi connectivity index (χ4v) is 5.45. The van der Waals surface area contributed by atoms with Gasteiger partial charge in [0.25, 0.3) is 0 Å². The highest BCUT2D eigenvalue weighted by molar-refractivity contribution is 7.17. The second kappa shape index (κ2) is 12.8. The van der Waals surface area contributed by atoms with Crippen LogP contribution in [0.1, 0.15) is 52.9 Å². The van der Waals surface area contributed by atoms with Crippen LogP contribution in [-0.4, -0.2) is 42.4 Å². The van der Waals surface area contributed by atoms with E-state index in [1.807, 2.05) is 26.0 Å². The van der Waals surface area contributed by atoms with Gasteiger partial charge in [0.2, 0.25) is 5.91 Å². The lowest BCUT2D eigenvalue weighted by molar-refractivity contribution is -0.120. The number of thiophene rings is 1. The smallest absolute Gasteiger partial charge is 0.223 e. The van der Waals surface area contributed by atoms with Crippen molar-refractivity contribution in [1.82, 2.24) is 5.32 Å². The van der Waals surface area contributed by atoms with E-state index in [0.717, 1.165) is 26.6 Å². The molecule has 1 amide bonds. The molecule has 0 bridgehead atoms. The Bertz CT molecular complexity index is 1610. The Kier molecular flexibility index (Phi) is 9.23. The van der Waals surface area contributed by atoms with Crippen LogP contribution in [0.5, 0.6) is 0 Å². The lowest BCUT2D eigenvalue weighted by Crippen LogP contribution is -2.42. The summed E-state index contributed by atoms with van der Waals surface area (Å²) in [7, 11) is 0. The van der Waals surface area contributed by atoms with E-state index in [0.29, 0.717) is 35.2 Å². The number of hydrogen-bond donors (Lipinski definition) is 4. The van der Waals surface area contributed by atoms with Gasteiger partial charge >= 0.3 is 0 Å². The molecule has 3 aromatic rings. The van der Waals surface area contributed by atoms with Gasteiger partial charge in [-0.25, -0.2) is 0 Å². The van der Waals surface area contributed by atoms with Crippen LogP contribution in [0, 0.1) is 48.3 Å². The SMILES string of the molecule is CC(=N)N1C(=N)[C@H](CC(=O)NCC#Cc2ccc(C#CCCN)o2)N=C(c2ccc(Cl)cc2)c2c1sc(C)c2C. The Morgan fingerprint density at radius 3 is 2.50 bits per heavy atom. The standard InChI is InChI=1S/C30H29ClN6O2S/c1-18-19(2)40-30-27(18)28(21-9-11-22(31)12-10-21)36-25(29(34)37(30)20(3)33)17-26(38)35-16-6-8-24-14-13-23(39-24)7-4-5-15-32/h9-14,25,33-34H,5,15-17,32H2,1-3H3,(H,35,38)/t25-/m0/s1. The van der Waals surface area contributed by atoms with Crippen molar-refractivity contribution in [3.05, 3.63) is 74.5 Å². The lowest BCUT2D eigenvalue weighted by Gasteiger charge is -2.24. The van der Waals surface area contributed by atoms with Crippen LogP contribution < -0.4 is 16.0 Å². The van der Waals surface area contributed by atoms with E-state index in [2.05, 4.69) is 29.0 Å². The van der Waals surface area contributed by atoms with E-state index in [1.54, 1.807) is 36.1 Å². The summed E-state index contributed by atoms with van der Waals surface area (Å²) in [6.45, 7) is 6.24. The second-order valence-electron chi connectivity index (χ2n) is 9.06. The van der Waals surface area contributed by atoms with Crippen molar-refractivity contribution in [2.45, 2.75) is 39.7 Å². The van der Waals surface area contributed by atoms with Crippen LogP contribution in [0.25, 0.3) is 0 Å². The normalized spacial score (nSPS) is 14.2. The Morgan fingerprint density at radius 2 is 1.85 bits per heavy atom. The maximum atomic E-state index is 12.9. The van der Waals surface area contributed by atoms with Crippen LogP contribution >= 0.6 is 22.9 Å². The van der Waals surface area contributed by atoms with Crippen molar-refractivity contribution < 1.29 is 9.21 Å². The molecule has 0 saturated carbocycles. The number of nitrogens with two attached hydrogens (primary N) is 1. The molecule has 40 heavy (non-hydrogen) atoms. The van der Waals surface area contributed by atoms with Crippen LogP contribution in [0.15, 0.2) is 45.8 Å². The minimum Gasteiger partial charge on any atom is -0.439 e. The highest BCUT2D eigenvalue weighted by Gasteiger charge is 2.34. The molecular formula is C30H29ClN6O2S. The van der Waals surface area contributed by atoms with E-state index < -0.39 is 6.04 Å². The molecule has 1 aliphatic heterocycles. The van der Waals surface area contributed by atoms with Gasteiger partial charge in [0.05, 0.1) is 18.7 Å². The monoisotopic (exact) mass is 572 g/mol. The van der Waals surface area contributed by atoms with Crippen molar-refractivity contribution in [3.63, 3.8) is 0 Å². The third kappa shape index (κ3) is 6.52. The molecule has 0 fully saturated rings. The molecule has 5 N–H and O–H groups in total. The molecule has 0 spiro atoms. The minimum atomic E-state index is -0.807. The molecule has 4 rings (SSSR count). The van der Waals surface area contributed by atoms with Gasteiger partial charge in [-0.2, -0.15) is 0 Å². The number of nitrogens with zero attached hydrogens (tertiary/aromatic N) is 2. The summed E-state index contributed by atoms with van der Waals surface area (Å²) in [4.78, 5) is 20.5. The summed E-state index contributed by atoms with van der Waals surface area (Å²) >= 11 is 7.65. The number of nitrogens with one attached hydrogen (secondary N) is 3. The van der Waals surface area contributed by atoms with Gasteiger partial charge in [0, 0.05) is 34.0 Å². The number of amidine groups is 2. The molecule has 1 aliphatic rings. The first kappa shape index (κ1) is 28.8. The van der Waals surface area contributed by atoms with E-state index >= 15 is 0 Å². The molecule has 2 aromatic heterocycles. The summed E-state index contributed by atoms with van der Waals surface area (Å²) in [6, 6.07) is 9.99. The summed E-state index contributed by atoms with van der Waals surface area (Å²) in [5, 5.41) is 21.6. The third-order valence-corrected chi connectivity index (χ3v) is 7.60. The number of aliphatic imine (C=N–C) groups is 1. The zero-order valence-corrected chi connectivity index (χ0v) is 24.0. The van der Waals surface area contributed by atoms with Crippen molar-refractivity contribution >= 4 is 51.2 Å². The second-order valence-corrected chi connectivity index (χ2v) is 10.7. The number of hydrogen-bond acceptors (Lipinski definition) is 7. The van der Waals surface area contributed by atoms with Crippen molar-refractivity contribution in [1.29, 1.82) is 10.8 Å². The average molecular weight is 573 g/mol. The molecule has 0 aliphatic carbocycles. The lowest BCUT2D eigenvalue weighted by atomic mass is 9.99. The molecule has 1 atom stereocenters. The van der Waals surface area contributed by atoms with Gasteiger partial charge in [-0.1, -0.05) is 35.6 Å². The molecule has 3 heterocycles. The molecule has 204 valence electrons. The maximum Gasteiger partial charge on any atom is 0.223 e. The third-order valence-electron chi connectivity index (χ3n) is 6.15. The minimum absolute atomic E-state index is 0.0686. The average Bonchev–Trinajstić information content (AvgIpc) is 3.45. The summed E-state index contributed by atoms with van der Waals surface area (Å²) in [5.41, 5.74) is 8.82. The van der Waals surface area contributed by atoms with E-state index in [1.165, 1.54) is 11.3 Å². The highest BCUT2D eigenvalue weighted by atomic mass is 35.5. The number of carbonyl (C=O) groups is 1. The topological polar surface area (TPSA) is 132 Å². The number of rotatable bonds is 5. The van der Waals surface area contributed by atoms with Gasteiger partial charge in [-0.05, 0) is 62.4 Å². The van der Waals surface area contributed by atoms with Crippen LogP contribution in [-0.2, 0) is 4.79 Å². The number of fused-ring (bicyclic) bond motifs is 1. The Balaban J connectivity index is 1.56. The molecule has 8 nitrogen and oxygen atoms in total. The first-order chi connectivity index (χ1) is 19.2. The largest absolute Gasteiger partial charge is 0.439 e. The quantitative estimate of drug-likeness (QED) is 0.197. The van der Waals surface area contributed by atoms with Gasteiger partial charge in [0.1, 0.15) is 22.7 Å². The molecule has 0 radical (unpaired) electrons. The Morgan fingerprint density at radius 1 is 1.18 bits per heavy atom. The van der Waals surface area contributed by atoms with Gasteiger partial charge in [-0.15, -0.1) is 11.3 Å². The predicted octanol–water partition coefficient (Wildman–Crippen LogP) is 4.87. The van der Waals surface area contributed by atoms with Gasteiger partial charge in [-0.3, -0.25) is 25.5 Å². The fourth-order valence-electron chi connectivity index (χ4n) is 4.10. The highest BCUT2D eigenvalue weighted by Crippen LogP contribution is 2.40. The summed E-state index contributed by atoms with van der Waals surface area (Å²) in [6.07, 6.45) is 0.512. The number of halogens is 1. The van der Waals surface area contributed by atoms with Crippen molar-refractivity contribution in [2.24, 2.45) is 10.7 Å². The predicted molar refractivity (Wildman–Crippen MR) is 162 cm³/mol. The molecular weight excluding hydrogens is 544 g/mol. The van der Waals surface area contributed by atoms with Crippen LogP contribution in [0.2, 0.25) is 5.02 Å². The first-order valence-electron chi connectivity index (χ1n) is 12.6. The van der Waals surface area contributed by atoms with E-state index in [-0.39, 0.29) is 30.5 Å². The number of benzene rings is 1. The molecule has 0 saturated heterocycles. The number of carbonyl (C=O) groups excluding carboxylic acids is 1. The molecule has 1 aromatic carbocycles. The van der Waals surface area contributed by atoms with Crippen molar-refractivity contribution in [2.75, 3.05) is 18.0 Å². The molecule has 0 unspecified atom stereocenters. The first-order valence-corrected chi connectivity index (χ1v) is 13.8. The maximum absolute atomic E-state index is 12.9. The fraction of sp³-hybridized carbons (Fsp3) is 0.267. The Hall–Kier alpha value is -4.15. The number of amides is 1. The van der Waals surface area contributed by atoms with Crippen LogP contribution in [0.3, 0.4) is 0 Å². The van der Waals surface area contributed by atoms with Crippen LogP contribution in [0.4, 0.5) is 5.00 Å². The summed E-state index contributed by atoms with van der Waals surface area (Å²) < 4.78 is 5.54. The van der Waals surface area contributed by atoms with Crippen molar-refractivity contribution in [3.8, 4) is 23.7 Å². The van der Waals surface area contributed by atoms with E-state index in [4.69, 9.17) is 37.6 Å². The summed E-state index contributed by atoms with van der Waals surface area (Å²) in [5.74, 6) is 12.4. The zero-order valence-electron chi connectivity index (χ0n) is 22.4. The number of furan rings is 1. The number of anilines is 1. The van der Waals surface area contributed by atoms with Gasteiger partial charge in [0.15, 0.2) is 11.5 Å². The van der Waals surface area contributed by atoms with E-state index in [9.17, 15) is 4.79 Å². The Labute approximate surface area is 242 Å². The zero-order chi connectivity index (χ0) is 28.8. The van der Waals surface area contributed by atoms with Gasteiger partial charge < -0.3 is 15.5 Å².